The van der Waals surface area contributed by atoms with Gasteiger partial charge in [-0.2, -0.15) is 17.5 Å². The zero-order valence-corrected chi connectivity index (χ0v) is 17.4. The minimum absolute atomic E-state index is 0.0469. The van der Waals surface area contributed by atoms with E-state index in [4.69, 9.17) is 0 Å². The molecule has 1 saturated heterocycles. The van der Waals surface area contributed by atoms with E-state index in [2.05, 4.69) is 5.32 Å². The number of aryl methyl sites for hydroxylation is 1. The first kappa shape index (κ1) is 21.8. The largest absolute Gasteiger partial charge is 0.416 e. The Balaban J connectivity index is 1.68. The molecule has 5 nitrogen and oxygen atoms in total. The predicted molar refractivity (Wildman–Crippen MR) is 105 cm³/mol. The minimum Gasteiger partial charge on any atom is -0.326 e. The Morgan fingerprint density at radius 3 is 2.48 bits per heavy atom. The number of amides is 1. The van der Waals surface area contributed by atoms with Gasteiger partial charge in [-0.05, 0) is 49.6 Å². The van der Waals surface area contributed by atoms with E-state index in [1.807, 2.05) is 0 Å². The number of alkyl halides is 3. The summed E-state index contributed by atoms with van der Waals surface area (Å²) in [5.41, 5.74) is -0.687. The van der Waals surface area contributed by atoms with Crippen molar-refractivity contribution in [2.75, 3.05) is 18.4 Å². The van der Waals surface area contributed by atoms with Crippen LogP contribution in [0.4, 0.5) is 18.9 Å². The smallest absolute Gasteiger partial charge is 0.326 e. The summed E-state index contributed by atoms with van der Waals surface area (Å²) in [5, 5.41) is 2.45. The van der Waals surface area contributed by atoms with Crippen LogP contribution in [-0.2, 0) is 27.4 Å². The number of nitrogens with zero attached hydrogens (tertiary/aromatic N) is 1. The molecule has 2 aromatic rings. The molecule has 1 fully saturated rings. The van der Waals surface area contributed by atoms with Gasteiger partial charge in [-0.25, -0.2) is 8.42 Å². The molecule has 1 N–H and O–H groups in total. The summed E-state index contributed by atoms with van der Waals surface area (Å²) < 4.78 is 66.0. The highest BCUT2D eigenvalue weighted by Gasteiger charge is 2.32. The van der Waals surface area contributed by atoms with Crippen molar-refractivity contribution in [2.24, 2.45) is 0 Å². The quantitative estimate of drug-likeness (QED) is 0.739. The highest BCUT2D eigenvalue weighted by molar-refractivity contribution is 7.91. The van der Waals surface area contributed by atoms with Crippen LogP contribution in [0.1, 0.15) is 35.3 Å². The normalized spacial score (nSPS) is 16.0. The Labute approximate surface area is 171 Å². The van der Waals surface area contributed by atoms with E-state index < -0.39 is 27.7 Å². The summed E-state index contributed by atoms with van der Waals surface area (Å²) in [5.74, 6) is -0.509. The second kappa shape index (κ2) is 8.45. The maximum Gasteiger partial charge on any atom is 0.416 e. The average molecular weight is 447 g/mol. The third-order valence-corrected chi connectivity index (χ3v) is 8.16. The summed E-state index contributed by atoms with van der Waals surface area (Å²) in [6.45, 7) is 2.33. The number of piperidine rings is 1. The lowest BCUT2D eigenvalue weighted by atomic mass is 10.1. The molecule has 0 saturated carbocycles. The number of sulfonamides is 1. The monoisotopic (exact) mass is 446 g/mol. The van der Waals surface area contributed by atoms with Gasteiger partial charge in [0, 0.05) is 23.7 Å². The Bertz CT molecular complexity index is 994. The highest BCUT2D eigenvalue weighted by atomic mass is 32.2. The van der Waals surface area contributed by atoms with E-state index in [0.29, 0.717) is 18.0 Å². The van der Waals surface area contributed by atoms with Crippen molar-refractivity contribution in [2.45, 2.75) is 43.0 Å². The molecule has 0 radical (unpaired) electrons. The summed E-state index contributed by atoms with van der Waals surface area (Å²) in [6, 6.07) is 6.64. The van der Waals surface area contributed by atoms with E-state index in [1.165, 1.54) is 29.4 Å². The van der Waals surface area contributed by atoms with Gasteiger partial charge in [-0.1, -0.05) is 12.5 Å². The SMILES string of the molecule is Cc1ccc(NC(=O)Cc2ccc(S(=O)(=O)N3CCCCC3)s2)cc1C(F)(F)F. The summed E-state index contributed by atoms with van der Waals surface area (Å²) in [7, 11) is -3.57. The lowest BCUT2D eigenvalue weighted by Gasteiger charge is -2.25. The minimum atomic E-state index is -4.50. The van der Waals surface area contributed by atoms with Gasteiger partial charge in [0.2, 0.25) is 5.91 Å². The molecule has 1 aromatic heterocycles. The topological polar surface area (TPSA) is 66.5 Å². The Morgan fingerprint density at radius 1 is 1.14 bits per heavy atom. The standard InChI is InChI=1S/C19H21F3N2O3S2/c1-13-5-6-14(11-16(13)19(20,21)22)23-17(25)12-15-7-8-18(28-15)29(26,27)24-9-3-2-4-10-24/h5-8,11H,2-4,9-10,12H2,1H3,(H,23,25). The number of halogens is 3. The van der Waals surface area contributed by atoms with Gasteiger partial charge < -0.3 is 5.32 Å². The lowest BCUT2D eigenvalue weighted by molar-refractivity contribution is -0.138. The summed E-state index contributed by atoms with van der Waals surface area (Å²) in [4.78, 5) is 12.8. The van der Waals surface area contributed by atoms with Crippen LogP contribution in [0.25, 0.3) is 0 Å². The van der Waals surface area contributed by atoms with Gasteiger partial charge >= 0.3 is 6.18 Å². The number of thiophene rings is 1. The van der Waals surface area contributed by atoms with Crippen molar-refractivity contribution in [3.8, 4) is 0 Å². The van der Waals surface area contributed by atoms with E-state index in [1.54, 1.807) is 6.07 Å². The molecule has 0 spiro atoms. The maximum atomic E-state index is 13.0. The molecule has 0 atom stereocenters. The molecule has 0 aliphatic carbocycles. The third-order valence-electron chi connectivity index (χ3n) is 4.71. The molecule has 29 heavy (non-hydrogen) atoms. The zero-order chi connectivity index (χ0) is 21.2. The van der Waals surface area contributed by atoms with Crippen LogP contribution in [0.2, 0.25) is 0 Å². The maximum absolute atomic E-state index is 13.0. The van der Waals surface area contributed by atoms with Crippen molar-refractivity contribution in [1.29, 1.82) is 0 Å². The number of anilines is 1. The van der Waals surface area contributed by atoms with E-state index in [9.17, 15) is 26.4 Å². The van der Waals surface area contributed by atoms with Crippen molar-refractivity contribution in [3.63, 3.8) is 0 Å². The molecule has 1 amide bonds. The lowest BCUT2D eigenvalue weighted by Crippen LogP contribution is -2.35. The fraction of sp³-hybridized carbons (Fsp3) is 0.421. The number of hydrogen-bond donors (Lipinski definition) is 1. The molecular formula is C19H21F3N2O3S2. The zero-order valence-electron chi connectivity index (χ0n) is 15.8. The third kappa shape index (κ3) is 5.18. The second-order valence-electron chi connectivity index (χ2n) is 6.94. The van der Waals surface area contributed by atoms with Gasteiger partial charge in [-0.15, -0.1) is 11.3 Å². The van der Waals surface area contributed by atoms with Crippen LogP contribution < -0.4 is 5.32 Å². The van der Waals surface area contributed by atoms with Crippen LogP contribution >= 0.6 is 11.3 Å². The fourth-order valence-electron chi connectivity index (χ4n) is 3.19. The van der Waals surface area contributed by atoms with Crippen molar-refractivity contribution < 1.29 is 26.4 Å². The molecule has 0 unspecified atom stereocenters. The highest BCUT2D eigenvalue weighted by Crippen LogP contribution is 2.33. The predicted octanol–water partition coefficient (Wildman–Crippen LogP) is 4.43. The molecule has 2 heterocycles. The second-order valence-corrected chi connectivity index (χ2v) is 10.3. The first-order valence-corrected chi connectivity index (χ1v) is 11.4. The molecule has 158 valence electrons. The van der Waals surface area contributed by atoms with E-state index in [0.717, 1.165) is 36.7 Å². The first-order valence-electron chi connectivity index (χ1n) is 9.14. The molecule has 1 aliphatic rings. The van der Waals surface area contributed by atoms with E-state index in [-0.39, 0.29) is 21.9 Å². The Kier molecular flexibility index (Phi) is 6.35. The molecule has 0 bridgehead atoms. The van der Waals surface area contributed by atoms with Crippen LogP contribution in [0.3, 0.4) is 0 Å². The van der Waals surface area contributed by atoms with Crippen LogP contribution in [0, 0.1) is 6.92 Å². The summed E-state index contributed by atoms with van der Waals surface area (Å²) >= 11 is 1.01. The number of carbonyl (C=O) groups is 1. The number of carbonyl (C=O) groups excluding carboxylic acids is 1. The number of rotatable bonds is 5. The summed E-state index contributed by atoms with van der Waals surface area (Å²) in [6.07, 6.45) is -1.95. The Hall–Kier alpha value is -1.91. The van der Waals surface area contributed by atoms with Crippen molar-refractivity contribution >= 4 is 33.0 Å². The first-order chi connectivity index (χ1) is 13.6. The molecular weight excluding hydrogens is 425 g/mol. The average Bonchev–Trinajstić information content (AvgIpc) is 3.12. The molecule has 1 aliphatic heterocycles. The number of nitrogens with one attached hydrogen (secondary N) is 1. The molecule has 3 rings (SSSR count). The van der Waals surface area contributed by atoms with Gasteiger partial charge in [-0.3, -0.25) is 4.79 Å². The van der Waals surface area contributed by atoms with Gasteiger partial charge in [0.1, 0.15) is 4.21 Å². The van der Waals surface area contributed by atoms with Crippen LogP contribution in [-0.4, -0.2) is 31.7 Å². The Morgan fingerprint density at radius 2 is 1.83 bits per heavy atom. The van der Waals surface area contributed by atoms with Gasteiger partial charge in [0.15, 0.2) is 0 Å². The fourth-order valence-corrected chi connectivity index (χ4v) is 6.22. The van der Waals surface area contributed by atoms with Gasteiger partial charge in [0.25, 0.3) is 10.0 Å². The number of benzene rings is 1. The van der Waals surface area contributed by atoms with E-state index >= 15 is 0 Å². The van der Waals surface area contributed by atoms with Crippen molar-refractivity contribution in [3.05, 3.63) is 46.3 Å². The van der Waals surface area contributed by atoms with Crippen LogP contribution in [0.5, 0.6) is 0 Å². The van der Waals surface area contributed by atoms with Gasteiger partial charge in [0.05, 0.1) is 12.0 Å². The molecule has 10 heteroatoms. The van der Waals surface area contributed by atoms with Crippen molar-refractivity contribution in [1.82, 2.24) is 4.31 Å². The molecule has 1 aromatic carbocycles. The number of hydrogen-bond acceptors (Lipinski definition) is 4. The van der Waals surface area contributed by atoms with Crippen LogP contribution in [0.15, 0.2) is 34.5 Å².